The normalized spacial score (nSPS) is 29.3. The Balaban J connectivity index is 2.08. The lowest BCUT2D eigenvalue weighted by molar-refractivity contribution is -0.147. The fourth-order valence-electron chi connectivity index (χ4n) is 2.35. The maximum atomic E-state index is 12.5. The monoisotopic (exact) mass is 218 g/mol. The van der Waals surface area contributed by atoms with Gasteiger partial charge in [0.15, 0.2) is 5.82 Å². The third-order valence-corrected chi connectivity index (χ3v) is 2.99. The molecule has 1 saturated heterocycles. The van der Waals surface area contributed by atoms with Crippen LogP contribution < -0.4 is 5.32 Å². The van der Waals surface area contributed by atoms with Crippen LogP contribution in [-0.4, -0.2) is 20.8 Å². The minimum Gasteiger partial charge on any atom is -0.304 e. The van der Waals surface area contributed by atoms with Crippen molar-refractivity contribution >= 4 is 0 Å². The smallest absolute Gasteiger partial charge is 0.304 e. The van der Waals surface area contributed by atoms with Crippen LogP contribution in [0.1, 0.15) is 30.5 Å². The van der Waals surface area contributed by atoms with Crippen molar-refractivity contribution in [2.24, 2.45) is 0 Å². The number of nitrogens with zero attached hydrogens (tertiary/aromatic N) is 3. The molecule has 1 aromatic heterocycles. The summed E-state index contributed by atoms with van der Waals surface area (Å²) in [5.74, 6) is -0.438. The van der Waals surface area contributed by atoms with Crippen LogP contribution in [0.2, 0.25) is 0 Å². The van der Waals surface area contributed by atoms with Gasteiger partial charge in [0.1, 0.15) is 0 Å². The van der Waals surface area contributed by atoms with Crippen molar-refractivity contribution in [1.29, 1.82) is 0 Å². The molecule has 0 aromatic carbocycles. The Bertz CT molecular complexity index is 397. The maximum absolute atomic E-state index is 12.5. The van der Waals surface area contributed by atoms with Gasteiger partial charge in [-0.1, -0.05) is 0 Å². The van der Waals surface area contributed by atoms with Gasteiger partial charge in [0.25, 0.3) is 0 Å². The fraction of sp³-hybridized carbons (Fsp3) is 0.750. The van der Waals surface area contributed by atoms with E-state index >= 15 is 0 Å². The van der Waals surface area contributed by atoms with Gasteiger partial charge in [-0.2, -0.15) is 13.2 Å². The van der Waals surface area contributed by atoms with E-state index in [4.69, 9.17) is 0 Å². The zero-order valence-corrected chi connectivity index (χ0v) is 7.75. The second-order valence-corrected chi connectivity index (χ2v) is 3.98. The summed E-state index contributed by atoms with van der Waals surface area (Å²) in [7, 11) is 0. The van der Waals surface area contributed by atoms with Crippen molar-refractivity contribution in [3.8, 4) is 0 Å². The lowest BCUT2D eigenvalue weighted by atomic mass is 10.2. The summed E-state index contributed by atoms with van der Waals surface area (Å²) in [5.41, 5.74) is 0. The van der Waals surface area contributed by atoms with E-state index in [0.29, 0.717) is 12.4 Å². The van der Waals surface area contributed by atoms with Gasteiger partial charge in [0, 0.05) is 12.6 Å². The van der Waals surface area contributed by atoms with Gasteiger partial charge in [0.2, 0.25) is 5.82 Å². The lowest BCUT2D eigenvalue weighted by Crippen LogP contribution is -2.37. The topological polar surface area (TPSA) is 42.7 Å². The molecule has 0 aliphatic carbocycles. The molecule has 15 heavy (non-hydrogen) atoms. The summed E-state index contributed by atoms with van der Waals surface area (Å²) in [6, 6.07) is 0.0898. The molecule has 2 aliphatic heterocycles. The largest absolute Gasteiger partial charge is 0.451 e. The van der Waals surface area contributed by atoms with Crippen LogP contribution in [0.3, 0.4) is 0 Å². The molecule has 7 heteroatoms. The van der Waals surface area contributed by atoms with E-state index < -0.39 is 12.0 Å². The molecule has 2 atom stereocenters. The van der Waals surface area contributed by atoms with Crippen molar-refractivity contribution in [2.75, 3.05) is 0 Å². The Labute approximate surface area is 83.5 Å². The Morgan fingerprint density at radius 3 is 2.80 bits per heavy atom. The molecule has 2 aliphatic rings. The molecule has 0 amide bonds. The predicted octanol–water partition coefficient (Wildman–Crippen LogP) is 1.10. The average molecular weight is 218 g/mol. The zero-order valence-electron chi connectivity index (χ0n) is 7.75. The number of halogens is 3. The fourth-order valence-corrected chi connectivity index (χ4v) is 2.35. The van der Waals surface area contributed by atoms with Crippen molar-refractivity contribution in [3.63, 3.8) is 0 Å². The first-order valence-corrected chi connectivity index (χ1v) is 4.82. The third-order valence-electron chi connectivity index (χ3n) is 2.99. The van der Waals surface area contributed by atoms with Crippen LogP contribution in [0.15, 0.2) is 0 Å². The van der Waals surface area contributed by atoms with E-state index in [1.54, 1.807) is 0 Å². The van der Waals surface area contributed by atoms with Crippen molar-refractivity contribution in [1.82, 2.24) is 20.1 Å². The standard InChI is InChI=1S/C8H9F3N4/c9-8(10,11)7-14-13-6-5-2-1-4(12-5)3-15(6)7/h4-5,12H,1-3H2. The number of nitrogens with one attached hydrogen (secondary N) is 1. The first-order chi connectivity index (χ1) is 7.05. The van der Waals surface area contributed by atoms with E-state index in [9.17, 15) is 13.2 Å². The van der Waals surface area contributed by atoms with E-state index in [1.807, 2.05) is 0 Å². The van der Waals surface area contributed by atoms with Crippen LogP contribution in [0, 0.1) is 0 Å². The number of aromatic nitrogens is 3. The molecule has 0 spiro atoms. The summed E-state index contributed by atoms with van der Waals surface area (Å²) in [4.78, 5) is 0. The minimum atomic E-state index is -4.40. The molecule has 2 unspecified atom stereocenters. The molecule has 1 aromatic rings. The molecule has 3 heterocycles. The molecule has 82 valence electrons. The molecular weight excluding hydrogens is 209 g/mol. The summed E-state index contributed by atoms with van der Waals surface area (Å²) in [6.07, 6.45) is -2.64. The summed E-state index contributed by atoms with van der Waals surface area (Å²) >= 11 is 0. The van der Waals surface area contributed by atoms with Gasteiger partial charge >= 0.3 is 6.18 Å². The predicted molar refractivity (Wildman–Crippen MR) is 43.9 cm³/mol. The van der Waals surface area contributed by atoms with E-state index in [-0.39, 0.29) is 12.1 Å². The highest BCUT2D eigenvalue weighted by molar-refractivity contribution is 5.11. The quantitative estimate of drug-likeness (QED) is 0.709. The van der Waals surface area contributed by atoms with Crippen LogP contribution in [0.4, 0.5) is 13.2 Å². The molecule has 3 rings (SSSR count). The minimum absolute atomic E-state index is 0.0488. The van der Waals surface area contributed by atoms with E-state index in [2.05, 4.69) is 15.5 Å². The number of rotatable bonds is 0. The molecule has 0 saturated carbocycles. The maximum Gasteiger partial charge on any atom is 0.451 e. The van der Waals surface area contributed by atoms with Gasteiger partial charge < -0.3 is 9.88 Å². The zero-order chi connectivity index (χ0) is 10.6. The van der Waals surface area contributed by atoms with Gasteiger partial charge in [0.05, 0.1) is 6.04 Å². The second kappa shape index (κ2) is 2.72. The average Bonchev–Trinajstić information content (AvgIpc) is 2.70. The highest BCUT2D eigenvalue weighted by Gasteiger charge is 2.43. The second-order valence-electron chi connectivity index (χ2n) is 3.98. The molecular formula is C8H9F3N4. The Morgan fingerprint density at radius 2 is 2.07 bits per heavy atom. The van der Waals surface area contributed by atoms with Crippen LogP contribution in [-0.2, 0) is 12.7 Å². The molecule has 4 nitrogen and oxygen atoms in total. The van der Waals surface area contributed by atoms with Gasteiger partial charge in [-0.15, -0.1) is 10.2 Å². The summed E-state index contributed by atoms with van der Waals surface area (Å²) in [6.45, 7) is 0.327. The lowest BCUT2D eigenvalue weighted by Gasteiger charge is -2.23. The highest BCUT2D eigenvalue weighted by Crippen LogP contribution is 2.35. The first-order valence-electron chi connectivity index (χ1n) is 4.82. The summed E-state index contributed by atoms with van der Waals surface area (Å²) in [5, 5.41) is 10.1. The Morgan fingerprint density at radius 1 is 1.27 bits per heavy atom. The van der Waals surface area contributed by atoms with Gasteiger partial charge in [-0.05, 0) is 12.8 Å². The number of hydrogen-bond acceptors (Lipinski definition) is 3. The summed E-state index contributed by atoms with van der Waals surface area (Å²) < 4.78 is 38.8. The van der Waals surface area contributed by atoms with Gasteiger partial charge in [-0.25, -0.2) is 0 Å². The van der Waals surface area contributed by atoms with E-state index in [0.717, 1.165) is 12.8 Å². The van der Waals surface area contributed by atoms with E-state index in [1.165, 1.54) is 4.57 Å². The molecule has 0 radical (unpaired) electrons. The molecule has 1 N–H and O–H groups in total. The first kappa shape index (κ1) is 9.14. The van der Waals surface area contributed by atoms with Crippen molar-refractivity contribution < 1.29 is 13.2 Å². The third kappa shape index (κ3) is 1.26. The molecule has 2 bridgehead atoms. The number of alkyl halides is 3. The highest BCUT2D eigenvalue weighted by atomic mass is 19.4. The van der Waals surface area contributed by atoms with Gasteiger partial charge in [-0.3, -0.25) is 0 Å². The number of fused-ring (bicyclic) bond motifs is 4. The molecule has 1 fully saturated rings. The number of hydrogen-bond donors (Lipinski definition) is 1. The Hall–Kier alpha value is -1.11. The van der Waals surface area contributed by atoms with Crippen molar-refractivity contribution in [3.05, 3.63) is 11.6 Å². The Kier molecular flexibility index (Phi) is 1.66. The van der Waals surface area contributed by atoms with Crippen LogP contribution in [0.25, 0.3) is 0 Å². The van der Waals surface area contributed by atoms with Crippen molar-refractivity contribution in [2.45, 2.75) is 37.6 Å². The van der Waals surface area contributed by atoms with Crippen LogP contribution in [0.5, 0.6) is 0 Å². The SMILES string of the molecule is FC(F)(F)c1nnc2n1CC1CCC2N1. The van der Waals surface area contributed by atoms with Crippen LogP contribution >= 0.6 is 0 Å².